The minimum atomic E-state index is 0.512. The number of aryl methyl sites for hydroxylation is 1. The van der Waals surface area contributed by atoms with Crippen molar-refractivity contribution < 1.29 is 9.53 Å². The van der Waals surface area contributed by atoms with E-state index in [0.717, 1.165) is 17.6 Å². The van der Waals surface area contributed by atoms with Gasteiger partial charge in [0, 0.05) is 12.0 Å². The molecule has 0 aliphatic heterocycles. The topological polar surface area (TPSA) is 26.3 Å². The van der Waals surface area contributed by atoms with Gasteiger partial charge >= 0.3 is 0 Å². The zero-order chi connectivity index (χ0) is 10.4. The molecule has 0 fully saturated rings. The van der Waals surface area contributed by atoms with Crippen LogP contribution < -0.4 is 4.74 Å². The fraction of sp³-hybridized carbons (Fsp3) is 0.250. The van der Waals surface area contributed by atoms with Crippen molar-refractivity contribution in [2.24, 2.45) is 0 Å². The number of benzene rings is 1. The Labute approximate surface area is 83.9 Å². The predicted octanol–water partition coefficient (Wildman–Crippen LogP) is 2.21. The third-order valence-electron chi connectivity index (χ3n) is 1.84. The Balaban J connectivity index is 2.69. The van der Waals surface area contributed by atoms with Gasteiger partial charge in [-0.25, -0.2) is 0 Å². The highest BCUT2D eigenvalue weighted by atomic mass is 16.5. The smallest absolute Gasteiger partial charge is 0.150 e. The zero-order valence-electron chi connectivity index (χ0n) is 8.12. The quantitative estimate of drug-likeness (QED) is 0.411. The molecule has 1 rings (SSSR count). The van der Waals surface area contributed by atoms with Gasteiger partial charge in [-0.05, 0) is 30.7 Å². The van der Waals surface area contributed by atoms with Gasteiger partial charge in [0.15, 0.2) is 0 Å². The molecule has 2 nitrogen and oxygen atoms in total. The normalized spacial score (nSPS) is 9.14. The molecular weight excluding hydrogens is 176 g/mol. The van der Waals surface area contributed by atoms with E-state index in [1.807, 2.05) is 6.92 Å². The summed E-state index contributed by atoms with van der Waals surface area (Å²) in [7, 11) is 0. The van der Waals surface area contributed by atoms with Gasteiger partial charge in [0.05, 0.1) is 6.61 Å². The van der Waals surface area contributed by atoms with Crippen LogP contribution in [-0.2, 0) is 0 Å². The van der Waals surface area contributed by atoms with Crippen LogP contribution in [0.15, 0.2) is 18.2 Å². The zero-order valence-corrected chi connectivity index (χ0v) is 8.12. The summed E-state index contributed by atoms with van der Waals surface area (Å²) in [6.45, 7) is 2.41. The highest BCUT2D eigenvalue weighted by molar-refractivity contribution is 5.75. The number of carbonyl (C=O) groups excluding carboxylic acids is 1. The molecule has 0 aromatic heterocycles. The number of terminal acetylenes is 1. The molecule has 0 saturated carbocycles. The molecule has 1 aromatic rings. The van der Waals surface area contributed by atoms with E-state index in [1.54, 1.807) is 18.2 Å². The van der Waals surface area contributed by atoms with Gasteiger partial charge in [0.1, 0.15) is 12.0 Å². The minimum Gasteiger partial charge on any atom is -0.492 e. The Morgan fingerprint density at radius 3 is 2.93 bits per heavy atom. The largest absolute Gasteiger partial charge is 0.492 e. The van der Waals surface area contributed by atoms with Gasteiger partial charge in [-0.1, -0.05) is 0 Å². The van der Waals surface area contributed by atoms with Gasteiger partial charge in [-0.3, -0.25) is 4.79 Å². The summed E-state index contributed by atoms with van der Waals surface area (Å²) >= 11 is 0. The average Bonchev–Trinajstić information content (AvgIpc) is 2.20. The highest BCUT2D eigenvalue weighted by Gasteiger charge is 1.99. The van der Waals surface area contributed by atoms with Crippen molar-refractivity contribution in [1.82, 2.24) is 0 Å². The monoisotopic (exact) mass is 188 g/mol. The van der Waals surface area contributed by atoms with Crippen molar-refractivity contribution in [1.29, 1.82) is 0 Å². The summed E-state index contributed by atoms with van der Waals surface area (Å²) < 4.78 is 5.42. The first-order valence-corrected chi connectivity index (χ1v) is 4.40. The first kappa shape index (κ1) is 10.3. The summed E-state index contributed by atoms with van der Waals surface area (Å²) in [5, 5.41) is 0. The number of hydrogen-bond donors (Lipinski definition) is 0. The number of hydrogen-bond acceptors (Lipinski definition) is 2. The lowest BCUT2D eigenvalue weighted by Gasteiger charge is -2.07. The molecule has 0 radical (unpaired) electrons. The third-order valence-corrected chi connectivity index (χ3v) is 1.84. The van der Waals surface area contributed by atoms with Crippen molar-refractivity contribution in [3.05, 3.63) is 29.3 Å². The Morgan fingerprint density at radius 1 is 1.57 bits per heavy atom. The van der Waals surface area contributed by atoms with Crippen LogP contribution in [0.5, 0.6) is 5.75 Å². The van der Waals surface area contributed by atoms with Crippen molar-refractivity contribution in [2.45, 2.75) is 13.3 Å². The van der Waals surface area contributed by atoms with E-state index in [4.69, 9.17) is 11.2 Å². The molecule has 0 aliphatic carbocycles. The van der Waals surface area contributed by atoms with E-state index in [0.29, 0.717) is 18.6 Å². The highest BCUT2D eigenvalue weighted by Crippen LogP contribution is 2.18. The summed E-state index contributed by atoms with van der Waals surface area (Å²) in [6, 6.07) is 5.30. The molecule has 72 valence electrons. The van der Waals surface area contributed by atoms with Crippen molar-refractivity contribution >= 4 is 6.29 Å². The van der Waals surface area contributed by atoms with E-state index in [-0.39, 0.29) is 0 Å². The summed E-state index contributed by atoms with van der Waals surface area (Å²) in [5.41, 5.74) is 1.61. The number of rotatable bonds is 4. The first-order valence-electron chi connectivity index (χ1n) is 4.40. The Bertz CT molecular complexity index is 361. The molecule has 0 bridgehead atoms. The average molecular weight is 188 g/mol. The molecule has 14 heavy (non-hydrogen) atoms. The molecule has 1 aromatic carbocycles. The molecule has 0 N–H and O–H groups in total. The van der Waals surface area contributed by atoms with Crippen LogP contribution in [-0.4, -0.2) is 12.9 Å². The second-order valence-corrected chi connectivity index (χ2v) is 2.95. The fourth-order valence-electron chi connectivity index (χ4n) is 1.13. The Hall–Kier alpha value is -1.75. The van der Waals surface area contributed by atoms with E-state index in [9.17, 15) is 4.79 Å². The summed E-state index contributed by atoms with van der Waals surface area (Å²) in [5.74, 6) is 3.28. The van der Waals surface area contributed by atoms with Crippen LogP contribution in [0.3, 0.4) is 0 Å². The molecule has 0 saturated heterocycles. The van der Waals surface area contributed by atoms with Crippen LogP contribution in [0.2, 0.25) is 0 Å². The van der Waals surface area contributed by atoms with E-state index in [2.05, 4.69) is 5.92 Å². The first-order chi connectivity index (χ1) is 6.77. The van der Waals surface area contributed by atoms with Gasteiger partial charge < -0.3 is 4.74 Å². The van der Waals surface area contributed by atoms with Gasteiger partial charge in [-0.15, -0.1) is 12.3 Å². The van der Waals surface area contributed by atoms with Crippen molar-refractivity contribution in [3.63, 3.8) is 0 Å². The molecule has 0 aliphatic rings. The second kappa shape index (κ2) is 5.08. The van der Waals surface area contributed by atoms with Crippen LogP contribution >= 0.6 is 0 Å². The SMILES string of the molecule is C#CCCOc1ccc(C=O)cc1C. The minimum absolute atomic E-state index is 0.512. The fourth-order valence-corrected chi connectivity index (χ4v) is 1.13. The Morgan fingerprint density at radius 2 is 2.36 bits per heavy atom. The molecule has 0 unspecified atom stereocenters. The predicted molar refractivity (Wildman–Crippen MR) is 55.5 cm³/mol. The van der Waals surface area contributed by atoms with Crippen LogP contribution in [0.1, 0.15) is 22.3 Å². The maximum atomic E-state index is 10.5. The van der Waals surface area contributed by atoms with Crippen molar-refractivity contribution in [2.75, 3.05) is 6.61 Å². The summed E-state index contributed by atoms with van der Waals surface area (Å²) in [4.78, 5) is 10.5. The van der Waals surface area contributed by atoms with Gasteiger partial charge in [-0.2, -0.15) is 0 Å². The van der Waals surface area contributed by atoms with Crippen molar-refractivity contribution in [3.8, 4) is 18.1 Å². The lowest BCUT2D eigenvalue weighted by molar-refractivity contribution is 0.112. The van der Waals surface area contributed by atoms with Gasteiger partial charge in [0.2, 0.25) is 0 Å². The second-order valence-electron chi connectivity index (χ2n) is 2.95. The Kier molecular flexibility index (Phi) is 3.75. The van der Waals surface area contributed by atoms with Gasteiger partial charge in [0.25, 0.3) is 0 Å². The molecule has 0 amide bonds. The molecule has 0 heterocycles. The van der Waals surface area contributed by atoms with E-state index >= 15 is 0 Å². The van der Waals surface area contributed by atoms with E-state index in [1.165, 1.54) is 0 Å². The molecule has 2 heteroatoms. The molecular formula is C12H12O2. The molecule has 0 spiro atoms. The third kappa shape index (κ3) is 2.63. The van der Waals surface area contributed by atoms with Crippen LogP contribution in [0.4, 0.5) is 0 Å². The number of aldehydes is 1. The van der Waals surface area contributed by atoms with Crippen LogP contribution in [0.25, 0.3) is 0 Å². The summed E-state index contributed by atoms with van der Waals surface area (Å²) in [6.07, 6.45) is 6.51. The van der Waals surface area contributed by atoms with Crippen LogP contribution in [0, 0.1) is 19.3 Å². The van der Waals surface area contributed by atoms with E-state index < -0.39 is 0 Å². The lowest BCUT2D eigenvalue weighted by Crippen LogP contribution is -1.98. The standard InChI is InChI=1S/C12H12O2/c1-3-4-7-14-12-6-5-11(9-13)8-10(12)2/h1,5-6,8-9H,4,7H2,2H3. The number of ether oxygens (including phenoxy) is 1. The molecule has 0 atom stereocenters. The lowest BCUT2D eigenvalue weighted by atomic mass is 10.1. The maximum absolute atomic E-state index is 10.5. The number of carbonyl (C=O) groups is 1. The maximum Gasteiger partial charge on any atom is 0.150 e.